The first-order valence-corrected chi connectivity index (χ1v) is 9.31. The van der Waals surface area contributed by atoms with Crippen LogP contribution in [-0.2, 0) is 4.79 Å². The second-order valence-corrected chi connectivity index (χ2v) is 7.79. The number of hydrogen-bond acceptors (Lipinski definition) is 3. The van der Waals surface area contributed by atoms with Gasteiger partial charge in [-0.3, -0.25) is 4.79 Å². The Balaban J connectivity index is 1.47. The van der Waals surface area contributed by atoms with E-state index in [0.717, 1.165) is 31.7 Å². The summed E-state index contributed by atoms with van der Waals surface area (Å²) in [5.41, 5.74) is 0. The summed E-state index contributed by atoms with van der Waals surface area (Å²) < 4.78 is 0. The molecule has 2 saturated heterocycles. The van der Waals surface area contributed by atoms with Crippen molar-refractivity contribution >= 4 is 17.2 Å². The van der Waals surface area contributed by atoms with Crippen LogP contribution in [0.3, 0.4) is 0 Å². The Morgan fingerprint density at radius 2 is 2.14 bits per heavy atom. The summed E-state index contributed by atoms with van der Waals surface area (Å²) in [6.45, 7) is 0.939. The van der Waals surface area contributed by atoms with E-state index in [2.05, 4.69) is 27.7 Å². The smallest absolute Gasteiger partial charge is 0.240 e. The van der Waals surface area contributed by atoms with Gasteiger partial charge in [-0.15, -0.1) is 11.3 Å². The van der Waals surface area contributed by atoms with Crippen LogP contribution in [-0.4, -0.2) is 29.4 Å². The normalized spacial score (nSPS) is 35.9. The minimum absolute atomic E-state index is 0.0821. The van der Waals surface area contributed by atoms with E-state index < -0.39 is 0 Å². The lowest BCUT2D eigenvalue weighted by atomic mass is 9.85. The monoisotopic (exact) mass is 304 g/mol. The summed E-state index contributed by atoms with van der Waals surface area (Å²) in [7, 11) is 0. The maximum atomic E-state index is 13.0. The number of fused-ring (bicyclic) bond motifs is 1. The van der Waals surface area contributed by atoms with Crippen molar-refractivity contribution in [3.05, 3.63) is 22.4 Å². The van der Waals surface area contributed by atoms with Crippen LogP contribution in [0.15, 0.2) is 17.5 Å². The lowest BCUT2D eigenvalue weighted by Gasteiger charge is -2.27. The van der Waals surface area contributed by atoms with Crippen molar-refractivity contribution in [3.63, 3.8) is 0 Å². The van der Waals surface area contributed by atoms with E-state index in [1.165, 1.54) is 30.6 Å². The van der Waals surface area contributed by atoms with Gasteiger partial charge in [0.15, 0.2) is 0 Å². The van der Waals surface area contributed by atoms with Crippen molar-refractivity contribution in [1.82, 2.24) is 10.2 Å². The van der Waals surface area contributed by atoms with E-state index in [1.54, 1.807) is 11.3 Å². The summed E-state index contributed by atoms with van der Waals surface area (Å²) in [5.74, 6) is 1.11. The molecule has 1 amide bonds. The number of rotatable bonds is 2. The Morgan fingerprint density at radius 3 is 2.95 bits per heavy atom. The average Bonchev–Trinajstić information content (AvgIpc) is 3.23. The van der Waals surface area contributed by atoms with Gasteiger partial charge in [0.25, 0.3) is 0 Å². The topological polar surface area (TPSA) is 32.3 Å². The predicted molar refractivity (Wildman–Crippen MR) is 85.3 cm³/mol. The molecular formula is C17H24N2OS. The van der Waals surface area contributed by atoms with Gasteiger partial charge in [0.2, 0.25) is 5.91 Å². The number of nitrogens with zero attached hydrogens (tertiary/aromatic N) is 1. The molecule has 3 fully saturated rings. The highest BCUT2D eigenvalue weighted by Gasteiger charge is 2.42. The van der Waals surface area contributed by atoms with Gasteiger partial charge >= 0.3 is 0 Å². The zero-order valence-corrected chi connectivity index (χ0v) is 13.3. The lowest BCUT2D eigenvalue weighted by molar-refractivity contribution is -0.134. The molecule has 4 rings (SSSR count). The third kappa shape index (κ3) is 2.53. The van der Waals surface area contributed by atoms with Gasteiger partial charge in [-0.1, -0.05) is 18.9 Å². The average molecular weight is 304 g/mol. The van der Waals surface area contributed by atoms with E-state index >= 15 is 0 Å². The molecule has 4 heteroatoms. The van der Waals surface area contributed by atoms with Crippen LogP contribution < -0.4 is 5.32 Å². The largest absolute Gasteiger partial charge is 0.333 e. The second kappa shape index (κ2) is 5.73. The molecule has 3 heterocycles. The molecular weight excluding hydrogens is 280 g/mol. The summed E-state index contributed by atoms with van der Waals surface area (Å²) >= 11 is 1.79. The van der Waals surface area contributed by atoms with E-state index in [4.69, 9.17) is 0 Å². The first kappa shape index (κ1) is 13.8. The van der Waals surface area contributed by atoms with E-state index in [0.29, 0.717) is 18.0 Å². The number of carbonyl (C=O) groups is 1. The maximum absolute atomic E-state index is 13.0. The molecule has 0 aromatic carbocycles. The standard InChI is InChI=1S/C17H24N2OS/c20-17(14-11-12-5-1-2-6-13(12)18-14)19-9-3-7-15(19)16-8-4-10-21-16/h4,8,10,12-15,18H,1-3,5-7,9,11H2. The van der Waals surface area contributed by atoms with Crippen molar-refractivity contribution in [3.8, 4) is 0 Å². The first-order chi connectivity index (χ1) is 10.3. The van der Waals surface area contributed by atoms with Crippen LogP contribution >= 0.6 is 11.3 Å². The first-order valence-electron chi connectivity index (χ1n) is 8.43. The van der Waals surface area contributed by atoms with Gasteiger partial charge in [-0.2, -0.15) is 0 Å². The molecule has 0 radical (unpaired) electrons. The van der Waals surface area contributed by atoms with Crippen LogP contribution in [0.2, 0.25) is 0 Å². The number of carbonyl (C=O) groups excluding carboxylic acids is 1. The van der Waals surface area contributed by atoms with Gasteiger partial charge in [-0.05, 0) is 49.5 Å². The van der Waals surface area contributed by atoms with Crippen LogP contribution in [0, 0.1) is 5.92 Å². The fourth-order valence-electron chi connectivity index (χ4n) is 4.52. The molecule has 1 saturated carbocycles. The maximum Gasteiger partial charge on any atom is 0.240 e. The Morgan fingerprint density at radius 1 is 1.24 bits per heavy atom. The van der Waals surface area contributed by atoms with Gasteiger partial charge < -0.3 is 10.2 Å². The van der Waals surface area contributed by atoms with Crippen molar-refractivity contribution in [2.75, 3.05) is 6.54 Å². The third-order valence-electron chi connectivity index (χ3n) is 5.57. The van der Waals surface area contributed by atoms with E-state index in [-0.39, 0.29) is 6.04 Å². The molecule has 114 valence electrons. The lowest BCUT2D eigenvalue weighted by Crippen LogP contribution is -2.45. The number of thiophene rings is 1. The van der Waals surface area contributed by atoms with E-state index in [9.17, 15) is 4.79 Å². The van der Waals surface area contributed by atoms with Crippen molar-refractivity contribution < 1.29 is 4.79 Å². The molecule has 21 heavy (non-hydrogen) atoms. The summed E-state index contributed by atoms with van der Waals surface area (Å²) in [6.07, 6.45) is 8.61. The number of likely N-dealkylation sites (tertiary alicyclic amines) is 1. The molecule has 1 N–H and O–H groups in total. The Bertz CT molecular complexity index is 487. The molecule has 2 aliphatic heterocycles. The minimum Gasteiger partial charge on any atom is -0.333 e. The minimum atomic E-state index is 0.0821. The van der Waals surface area contributed by atoms with Crippen LogP contribution in [0.1, 0.15) is 55.9 Å². The van der Waals surface area contributed by atoms with Crippen molar-refractivity contribution in [1.29, 1.82) is 0 Å². The molecule has 4 unspecified atom stereocenters. The Hall–Kier alpha value is -0.870. The molecule has 0 spiro atoms. The summed E-state index contributed by atoms with van der Waals surface area (Å²) in [6, 6.07) is 5.31. The quantitative estimate of drug-likeness (QED) is 0.909. The molecule has 1 aromatic rings. The highest BCUT2D eigenvalue weighted by atomic mass is 32.1. The highest BCUT2D eigenvalue weighted by molar-refractivity contribution is 7.10. The molecule has 0 bridgehead atoms. The van der Waals surface area contributed by atoms with Crippen LogP contribution in [0.4, 0.5) is 0 Å². The van der Waals surface area contributed by atoms with E-state index in [1.807, 2.05) is 0 Å². The van der Waals surface area contributed by atoms with Gasteiger partial charge in [0, 0.05) is 17.5 Å². The predicted octanol–water partition coefficient (Wildman–Crippen LogP) is 3.33. The highest BCUT2D eigenvalue weighted by Crippen LogP contribution is 2.38. The molecule has 3 aliphatic rings. The zero-order valence-electron chi connectivity index (χ0n) is 12.5. The number of hydrogen-bond donors (Lipinski definition) is 1. The molecule has 1 aromatic heterocycles. The summed E-state index contributed by atoms with van der Waals surface area (Å²) in [4.78, 5) is 16.5. The second-order valence-electron chi connectivity index (χ2n) is 6.81. The van der Waals surface area contributed by atoms with Crippen molar-refractivity contribution in [2.24, 2.45) is 5.92 Å². The molecule has 4 atom stereocenters. The van der Waals surface area contributed by atoms with Gasteiger partial charge in [0.1, 0.15) is 0 Å². The third-order valence-corrected chi connectivity index (χ3v) is 6.54. The van der Waals surface area contributed by atoms with Crippen LogP contribution in [0.5, 0.6) is 0 Å². The molecule has 1 aliphatic carbocycles. The fourth-order valence-corrected chi connectivity index (χ4v) is 5.39. The Kier molecular flexibility index (Phi) is 3.76. The van der Waals surface area contributed by atoms with Crippen LogP contribution in [0.25, 0.3) is 0 Å². The SMILES string of the molecule is O=C(C1CC2CCCCC2N1)N1CCCC1c1cccs1. The summed E-state index contributed by atoms with van der Waals surface area (Å²) in [5, 5.41) is 5.77. The fraction of sp³-hybridized carbons (Fsp3) is 0.706. The number of amides is 1. The van der Waals surface area contributed by atoms with Crippen molar-refractivity contribution in [2.45, 2.75) is 63.1 Å². The van der Waals surface area contributed by atoms with Gasteiger partial charge in [-0.25, -0.2) is 0 Å². The van der Waals surface area contributed by atoms with Gasteiger partial charge in [0.05, 0.1) is 12.1 Å². The zero-order chi connectivity index (χ0) is 14.2. The number of nitrogens with one attached hydrogen (secondary N) is 1. The molecule has 3 nitrogen and oxygen atoms in total. The Labute approximate surface area is 130 Å².